The Hall–Kier alpha value is -2.21. The summed E-state index contributed by atoms with van der Waals surface area (Å²) in [6.07, 6.45) is 1.85. The normalized spacial score (nSPS) is 21.4. The fourth-order valence-corrected chi connectivity index (χ4v) is 2.76. The van der Waals surface area contributed by atoms with Gasteiger partial charge in [-0.2, -0.15) is 0 Å². The van der Waals surface area contributed by atoms with Crippen molar-refractivity contribution in [3.63, 3.8) is 0 Å². The molecule has 3 rings (SSSR count). The monoisotopic (exact) mass is 287 g/mol. The molecule has 2 heterocycles. The van der Waals surface area contributed by atoms with Crippen molar-refractivity contribution in [1.29, 1.82) is 0 Å². The highest BCUT2D eigenvalue weighted by Gasteiger charge is 2.33. The maximum absolute atomic E-state index is 12.2. The van der Waals surface area contributed by atoms with Crippen LogP contribution >= 0.6 is 0 Å². The second-order valence-electron chi connectivity index (χ2n) is 5.46. The van der Waals surface area contributed by atoms with Gasteiger partial charge in [-0.3, -0.25) is 19.3 Å². The third kappa shape index (κ3) is 2.42. The Labute approximate surface area is 122 Å². The molecule has 0 unspecified atom stereocenters. The Balaban J connectivity index is 1.77. The Morgan fingerprint density at radius 1 is 1.29 bits per heavy atom. The van der Waals surface area contributed by atoms with Crippen LogP contribution in [0.1, 0.15) is 33.6 Å². The van der Waals surface area contributed by atoms with Crippen LogP contribution in [0.3, 0.4) is 0 Å². The first-order valence-electron chi connectivity index (χ1n) is 7.06. The minimum atomic E-state index is -0.328. The number of anilines is 1. The maximum atomic E-state index is 12.2. The van der Waals surface area contributed by atoms with E-state index in [0.29, 0.717) is 23.4 Å². The predicted molar refractivity (Wildman–Crippen MR) is 77.1 cm³/mol. The number of imide groups is 1. The lowest BCUT2D eigenvalue weighted by Crippen LogP contribution is -2.37. The minimum absolute atomic E-state index is 0.0488. The lowest BCUT2D eigenvalue weighted by Gasteiger charge is -2.21. The van der Waals surface area contributed by atoms with E-state index in [-0.39, 0.29) is 23.6 Å². The van der Waals surface area contributed by atoms with Gasteiger partial charge >= 0.3 is 0 Å². The number of carbonyl (C=O) groups excluding carboxylic acids is 3. The van der Waals surface area contributed by atoms with E-state index in [1.165, 1.54) is 7.05 Å². The van der Waals surface area contributed by atoms with E-state index in [0.717, 1.165) is 24.3 Å². The number of hydrogen-bond donors (Lipinski definition) is 2. The van der Waals surface area contributed by atoms with Crippen molar-refractivity contribution in [3.05, 3.63) is 29.3 Å². The van der Waals surface area contributed by atoms with E-state index in [1.807, 2.05) is 0 Å². The van der Waals surface area contributed by atoms with Crippen LogP contribution in [0.2, 0.25) is 0 Å². The third-order valence-corrected chi connectivity index (χ3v) is 4.02. The Bertz CT molecular complexity index is 621. The van der Waals surface area contributed by atoms with Gasteiger partial charge < -0.3 is 10.6 Å². The van der Waals surface area contributed by atoms with Gasteiger partial charge in [0.2, 0.25) is 5.91 Å². The highest BCUT2D eigenvalue weighted by atomic mass is 16.2. The summed E-state index contributed by atoms with van der Waals surface area (Å²) in [6, 6.07) is 4.83. The van der Waals surface area contributed by atoms with Crippen LogP contribution in [0.4, 0.5) is 5.69 Å². The molecule has 2 N–H and O–H groups in total. The first-order chi connectivity index (χ1) is 10.1. The van der Waals surface area contributed by atoms with Gasteiger partial charge in [0.1, 0.15) is 0 Å². The molecule has 2 aliphatic rings. The summed E-state index contributed by atoms with van der Waals surface area (Å²) in [5, 5.41) is 6.03. The van der Waals surface area contributed by atoms with Crippen molar-refractivity contribution in [1.82, 2.24) is 10.2 Å². The maximum Gasteiger partial charge on any atom is 0.261 e. The van der Waals surface area contributed by atoms with Crippen LogP contribution in [0.15, 0.2) is 18.2 Å². The van der Waals surface area contributed by atoms with E-state index < -0.39 is 0 Å². The highest BCUT2D eigenvalue weighted by Crippen LogP contribution is 2.25. The molecular weight excluding hydrogens is 270 g/mol. The van der Waals surface area contributed by atoms with E-state index in [1.54, 1.807) is 18.2 Å². The molecule has 1 aromatic rings. The standard InChI is InChI=1S/C15H17N3O3/c1-18-14(20)11-5-4-10(7-12(11)15(18)21)17-13(19)9-3-2-6-16-8-9/h4-5,7,9,16H,2-3,6,8H2,1H3,(H,17,19)/t9-/m1/s1. The van der Waals surface area contributed by atoms with Gasteiger partial charge in [-0.05, 0) is 37.6 Å². The number of benzene rings is 1. The van der Waals surface area contributed by atoms with Crippen LogP contribution < -0.4 is 10.6 Å². The average molecular weight is 287 g/mol. The Morgan fingerprint density at radius 3 is 2.76 bits per heavy atom. The van der Waals surface area contributed by atoms with Gasteiger partial charge in [0.15, 0.2) is 0 Å². The molecule has 21 heavy (non-hydrogen) atoms. The summed E-state index contributed by atoms with van der Waals surface area (Å²) in [5.41, 5.74) is 1.29. The molecule has 6 nitrogen and oxygen atoms in total. The molecule has 110 valence electrons. The highest BCUT2D eigenvalue weighted by molar-refractivity contribution is 6.21. The molecule has 6 heteroatoms. The zero-order chi connectivity index (χ0) is 15.0. The van der Waals surface area contributed by atoms with E-state index >= 15 is 0 Å². The second kappa shape index (κ2) is 5.29. The fraction of sp³-hybridized carbons (Fsp3) is 0.400. The van der Waals surface area contributed by atoms with Crippen LogP contribution in [0.5, 0.6) is 0 Å². The zero-order valence-corrected chi connectivity index (χ0v) is 11.8. The van der Waals surface area contributed by atoms with Crippen molar-refractivity contribution in [2.24, 2.45) is 5.92 Å². The van der Waals surface area contributed by atoms with E-state index in [2.05, 4.69) is 10.6 Å². The summed E-state index contributed by atoms with van der Waals surface area (Å²) in [6.45, 7) is 1.63. The van der Waals surface area contributed by atoms with Gasteiger partial charge in [0.05, 0.1) is 17.0 Å². The molecule has 3 amide bonds. The zero-order valence-electron chi connectivity index (χ0n) is 11.8. The predicted octanol–water partition coefficient (Wildman–Crippen LogP) is 0.850. The van der Waals surface area contributed by atoms with Crippen LogP contribution in [0, 0.1) is 5.92 Å². The van der Waals surface area contributed by atoms with E-state index in [9.17, 15) is 14.4 Å². The van der Waals surface area contributed by atoms with Gasteiger partial charge in [-0.25, -0.2) is 0 Å². The van der Waals surface area contributed by atoms with E-state index in [4.69, 9.17) is 0 Å². The molecule has 1 aromatic carbocycles. The fourth-order valence-electron chi connectivity index (χ4n) is 2.76. The van der Waals surface area contributed by atoms with Crippen molar-refractivity contribution in [2.45, 2.75) is 12.8 Å². The van der Waals surface area contributed by atoms with Gasteiger partial charge in [-0.15, -0.1) is 0 Å². The number of fused-ring (bicyclic) bond motifs is 1. The molecule has 0 radical (unpaired) electrons. The molecule has 0 bridgehead atoms. The molecule has 1 atom stereocenters. The number of hydrogen-bond acceptors (Lipinski definition) is 4. The molecule has 0 aromatic heterocycles. The van der Waals surface area contributed by atoms with Gasteiger partial charge in [-0.1, -0.05) is 0 Å². The van der Waals surface area contributed by atoms with Crippen LogP contribution in [0.25, 0.3) is 0 Å². The Morgan fingerprint density at radius 2 is 2.05 bits per heavy atom. The lowest BCUT2D eigenvalue weighted by molar-refractivity contribution is -0.120. The summed E-state index contributed by atoms with van der Waals surface area (Å²) in [5.74, 6) is -0.728. The SMILES string of the molecule is CN1C(=O)c2ccc(NC(=O)[C@@H]3CCCNC3)cc2C1=O. The number of rotatable bonds is 2. The molecule has 2 aliphatic heterocycles. The van der Waals surface area contributed by atoms with Crippen molar-refractivity contribution >= 4 is 23.4 Å². The van der Waals surface area contributed by atoms with Crippen LogP contribution in [-0.2, 0) is 4.79 Å². The molecule has 1 saturated heterocycles. The molecular formula is C15H17N3O3. The van der Waals surface area contributed by atoms with Crippen molar-refractivity contribution < 1.29 is 14.4 Å². The smallest absolute Gasteiger partial charge is 0.261 e. The number of carbonyl (C=O) groups is 3. The largest absolute Gasteiger partial charge is 0.326 e. The quantitative estimate of drug-likeness (QED) is 0.790. The number of piperidine rings is 1. The van der Waals surface area contributed by atoms with Gasteiger partial charge in [0.25, 0.3) is 11.8 Å². The molecule has 0 saturated carbocycles. The second-order valence-corrected chi connectivity index (χ2v) is 5.46. The first-order valence-corrected chi connectivity index (χ1v) is 7.06. The topological polar surface area (TPSA) is 78.5 Å². The minimum Gasteiger partial charge on any atom is -0.326 e. The average Bonchev–Trinajstić information content (AvgIpc) is 2.73. The summed E-state index contributed by atoms with van der Waals surface area (Å²) in [4.78, 5) is 37.0. The van der Waals surface area contributed by atoms with Gasteiger partial charge in [0, 0.05) is 19.3 Å². The lowest BCUT2D eigenvalue weighted by atomic mass is 9.98. The molecule has 1 fully saturated rings. The number of nitrogens with one attached hydrogen (secondary N) is 2. The molecule has 0 spiro atoms. The van der Waals surface area contributed by atoms with Crippen LogP contribution in [-0.4, -0.2) is 42.8 Å². The molecule has 0 aliphatic carbocycles. The summed E-state index contributed by atoms with van der Waals surface area (Å²) in [7, 11) is 1.45. The summed E-state index contributed by atoms with van der Waals surface area (Å²) >= 11 is 0. The summed E-state index contributed by atoms with van der Waals surface area (Å²) < 4.78 is 0. The third-order valence-electron chi connectivity index (χ3n) is 4.02. The number of amides is 3. The Kier molecular flexibility index (Phi) is 3.47. The number of nitrogens with zero attached hydrogens (tertiary/aromatic N) is 1. The van der Waals surface area contributed by atoms with Crippen molar-refractivity contribution in [3.8, 4) is 0 Å². The first kappa shape index (κ1) is 13.8. The van der Waals surface area contributed by atoms with Crippen molar-refractivity contribution in [2.75, 3.05) is 25.5 Å².